The Balaban J connectivity index is 3.40. The number of anilines is 1. The summed E-state index contributed by atoms with van der Waals surface area (Å²) in [6.45, 7) is 3.84. The molecule has 0 saturated carbocycles. The first-order chi connectivity index (χ1) is 12.4. The monoisotopic (exact) mass is 419 g/mol. The lowest BCUT2D eigenvalue weighted by atomic mass is 10.1. The van der Waals surface area contributed by atoms with Gasteiger partial charge in [-0.05, 0) is 48.0 Å². The number of nitrogens with zero attached hydrogens (tertiary/aromatic N) is 1. The first kappa shape index (κ1) is 21.3. The van der Waals surface area contributed by atoms with Crippen LogP contribution in [0.3, 0.4) is 0 Å². The fourth-order valence-corrected chi connectivity index (χ4v) is 2.66. The number of carbonyl (C=O) groups is 1. The number of hydrogen-bond donors (Lipinski definition) is 4. The molecule has 136 valence electrons. The predicted molar refractivity (Wildman–Crippen MR) is 104 cm³/mol. The highest BCUT2D eigenvalue weighted by Gasteiger charge is 2.14. The second-order valence-corrected chi connectivity index (χ2v) is 6.00. The number of nitrogens with one attached hydrogen (secondary N) is 4. The van der Waals surface area contributed by atoms with E-state index in [9.17, 15) is 14.4 Å². The van der Waals surface area contributed by atoms with Gasteiger partial charge in [-0.1, -0.05) is 0 Å². The van der Waals surface area contributed by atoms with Crippen LogP contribution in [0.15, 0.2) is 39.6 Å². The molecule has 0 aromatic heterocycles. The van der Waals surface area contributed by atoms with Crippen LogP contribution in [0.4, 0.5) is 10.1 Å². The van der Waals surface area contributed by atoms with Gasteiger partial charge in [-0.3, -0.25) is 4.79 Å². The van der Waals surface area contributed by atoms with Crippen LogP contribution in [-0.2, 0) is 0 Å². The van der Waals surface area contributed by atoms with Crippen LogP contribution < -0.4 is 10.6 Å². The summed E-state index contributed by atoms with van der Waals surface area (Å²) in [5.74, 6) is -0.884. The number of hydrogen-bond acceptors (Lipinski definition) is 6. The largest absolute Gasteiger partial charge is 0.379 e. The van der Waals surface area contributed by atoms with Crippen molar-refractivity contribution in [1.82, 2.24) is 5.32 Å². The van der Waals surface area contributed by atoms with Gasteiger partial charge in [0, 0.05) is 47.9 Å². The Bertz CT molecular complexity index is 823. The smallest absolute Gasteiger partial charge is 0.161 e. The van der Waals surface area contributed by atoms with E-state index in [1.54, 1.807) is 0 Å². The maximum atomic E-state index is 13.5. The van der Waals surface area contributed by atoms with E-state index in [2.05, 4.69) is 26.6 Å². The quantitative estimate of drug-likeness (QED) is 0.208. The lowest BCUT2D eigenvalue weighted by Gasteiger charge is -2.16. The van der Waals surface area contributed by atoms with Crippen molar-refractivity contribution in [1.29, 1.82) is 16.1 Å². The Hall–Kier alpha value is -2.79. The van der Waals surface area contributed by atoms with E-state index >= 15 is 0 Å². The third kappa shape index (κ3) is 5.63. The molecule has 1 aromatic rings. The highest BCUT2D eigenvalue weighted by Crippen LogP contribution is 2.24. The zero-order valence-corrected chi connectivity index (χ0v) is 16.0. The number of benzene rings is 1. The van der Waals surface area contributed by atoms with Crippen molar-refractivity contribution in [3.63, 3.8) is 0 Å². The molecule has 1 aromatic carbocycles. The van der Waals surface area contributed by atoms with E-state index in [1.807, 2.05) is 13.0 Å². The third-order valence-electron chi connectivity index (χ3n) is 3.39. The lowest BCUT2D eigenvalue weighted by molar-refractivity contribution is 0.101. The molecule has 0 aliphatic rings. The van der Waals surface area contributed by atoms with Crippen molar-refractivity contribution in [2.45, 2.75) is 20.3 Å². The summed E-state index contributed by atoms with van der Waals surface area (Å²) in [7, 11) is 0. The molecule has 0 aliphatic heterocycles. The molecule has 6 nitrogen and oxygen atoms in total. The number of halogens is 2. The van der Waals surface area contributed by atoms with Crippen LogP contribution in [0.1, 0.15) is 30.6 Å². The van der Waals surface area contributed by atoms with Gasteiger partial charge in [-0.25, -0.2) is 4.39 Å². The Kier molecular flexibility index (Phi) is 8.38. The first-order valence-corrected chi connectivity index (χ1v) is 8.51. The van der Waals surface area contributed by atoms with Gasteiger partial charge in [0.15, 0.2) is 5.78 Å². The number of rotatable bonds is 9. The molecule has 0 bridgehead atoms. The van der Waals surface area contributed by atoms with Crippen LogP contribution >= 0.6 is 15.9 Å². The van der Waals surface area contributed by atoms with Gasteiger partial charge in [0.25, 0.3) is 0 Å². The predicted octanol–water partition coefficient (Wildman–Crippen LogP) is 4.12. The molecule has 0 aliphatic carbocycles. The maximum absolute atomic E-state index is 13.5. The molecule has 0 radical (unpaired) electrons. The molecular formula is C18H19BrFN5O. The van der Waals surface area contributed by atoms with Crippen LogP contribution in [-0.4, -0.2) is 24.8 Å². The maximum Gasteiger partial charge on any atom is 0.161 e. The molecule has 0 heterocycles. The molecule has 0 amide bonds. The highest BCUT2D eigenvalue weighted by atomic mass is 79.9. The Morgan fingerprint density at radius 3 is 2.58 bits per heavy atom. The van der Waals surface area contributed by atoms with Crippen LogP contribution in [0.2, 0.25) is 0 Å². The van der Waals surface area contributed by atoms with Gasteiger partial charge in [0.1, 0.15) is 11.9 Å². The van der Waals surface area contributed by atoms with Gasteiger partial charge >= 0.3 is 0 Å². The van der Waals surface area contributed by atoms with Crippen LogP contribution in [0.5, 0.6) is 0 Å². The molecule has 0 atom stereocenters. The number of Topliss-reactive ketones (excluding diaryl/α,β-unsaturated/α-hetero) is 1. The molecular weight excluding hydrogens is 401 g/mol. The van der Waals surface area contributed by atoms with Crippen LogP contribution in [0.25, 0.3) is 0 Å². The molecule has 0 unspecified atom stereocenters. The zero-order chi connectivity index (χ0) is 19.7. The number of allylic oxidation sites excluding steroid dienone is 2. The minimum absolute atomic E-state index is 0.0416. The summed E-state index contributed by atoms with van der Waals surface area (Å²) < 4.78 is 14.0. The Morgan fingerprint density at radius 2 is 2.08 bits per heavy atom. The minimum atomic E-state index is -0.547. The number of carbonyl (C=O) groups excluding carboxylic acids is 1. The SMILES string of the molecule is CCN/C(Br)=C(\C=N)C/C(Nc1ccc(F)cc1C(C)=O)=C(\C#N)C=N. The van der Waals surface area contributed by atoms with Gasteiger partial charge in [0.05, 0.1) is 10.2 Å². The summed E-state index contributed by atoms with van der Waals surface area (Å²) >= 11 is 3.34. The fourth-order valence-electron chi connectivity index (χ4n) is 2.12. The molecule has 26 heavy (non-hydrogen) atoms. The molecule has 4 N–H and O–H groups in total. The van der Waals surface area contributed by atoms with E-state index in [0.29, 0.717) is 28.1 Å². The van der Waals surface area contributed by atoms with E-state index in [0.717, 1.165) is 18.5 Å². The van der Waals surface area contributed by atoms with Crippen molar-refractivity contribution in [3.05, 3.63) is 51.0 Å². The van der Waals surface area contributed by atoms with Crippen molar-refractivity contribution in [3.8, 4) is 6.07 Å². The molecule has 8 heteroatoms. The van der Waals surface area contributed by atoms with Gasteiger partial charge in [-0.15, -0.1) is 0 Å². The van der Waals surface area contributed by atoms with Crippen molar-refractivity contribution >= 4 is 39.8 Å². The number of ketones is 1. The van der Waals surface area contributed by atoms with E-state index in [-0.39, 0.29) is 23.3 Å². The average molecular weight is 420 g/mol. The topological polar surface area (TPSA) is 113 Å². The van der Waals surface area contributed by atoms with E-state index < -0.39 is 5.82 Å². The zero-order valence-electron chi connectivity index (χ0n) is 14.4. The summed E-state index contributed by atoms with van der Waals surface area (Å²) in [6, 6.07) is 5.63. The molecule has 0 spiro atoms. The van der Waals surface area contributed by atoms with E-state index in [4.69, 9.17) is 10.8 Å². The fraction of sp³-hybridized carbons (Fsp3) is 0.222. The normalized spacial score (nSPS) is 12.3. The van der Waals surface area contributed by atoms with Crippen molar-refractivity contribution in [2.75, 3.05) is 11.9 Å². The van der Waals surface area contributed by atoms with Gasteiger partial charge < -0.3 is 21.5 Å². The second kappa shape index (κ2) is 10.3. The van der Waals surface area contributed by atoms with Gasteiger partial charge in [-0.2, -0.15) is 5.26 Å². The van der Waals surface area contributed by atoms with Crippen molar-refractivity contribution < 1.29 is 9.18 Å². The lowest BCUT2D eigenvalue weighted by Crippen LogP contribution is -2.14. The summed E-state index contributed by atoms with van der Waals surface area (Å²) in [4.78, 5) is 11.8. The molecule has 0 saturated heterocycles. The first-order valence-electron chi connectivity index (χ1n) is 7.72. The summed E-state index contributed by atoms with van der Waals surface area (Å²) in [5.41, 5.74) is 1.36. The number of nitriles is 1. The second-order valence-electron chi connectivity index (χ2n) is 5.21. The van der Waals surface area contributed by atoms with E-state index in [1.165, 1.54) is 19.1 Å². The third-order valence-corrected chi connectivity index (χ3v) is 4.18. The Morgan fingerprint density at radius 1 is 1.38 bits per heavy atom. The summed E-state index contributed by atoms with van der Waals surface area (Å²) in [6.07, 6.45) is 2.15. The Labute approximate surface area is 159 Å². The van der Waals surface area contributed by atoms with Gasteiger partial charge in [0.2, 0.25) is 0 Å². The average Bonchev–Trinajstić information content (AvgIpc) is 2.61. The van der Waals surface area contributed by atoms with Crippen LogP contribution in [0, 0.1) is 28.0 Å². The summed E-state index contributed by atoms with van der Waals surface area (Å²) in [5, 5.41) is 30.3. The standard InChI is InChI=1S/C18H19BrFN5O/c1-3-24-18(19)12(8-21)6-17(13(9-22)10-23)25-16-5-4-14(20)7-15(16)11(2)26/h4-5,7-9,21-22,24-25H,3,6H2,1-2H3/b17-13+,18-12-,21-8?,22-9?. The molecule has 1 rings (SSSR count). The van der Waals surface area contributed by atoms with Crippen molar-refractivity contribution in [2.24, 2.45) is 0 Å². The molecule has 0 fully saturated rings. The highest BCUT2D eigenvalue weighted by molar-refractivity contribution is 9.11. The minimum Gasteiger partial charge on any atom is -0.379 e.